The van der Waals surface area contributed by atoms with Crippen LogP contribution in [0, 0.1) is 13.8 Å². The number of carbonyl (C=O) groups excluding carboxylic acids is 1. The van der Waals surface area contributed by atoms with E-state index in [-0.39, 0.29) is 5.91 Å². The molecule has 6 nitrogen and oxygen atoms in total. The van der Waals surface area contributed by atoms with Gasteiger partial charge in [0.05, 0.1) is 6.54 Å². The van der Waals surface area contributed by atoms with E-state index in [0.717, 1.165) is 42.4 Å². The minimum atomic E-state index is 0.0651. The lowest BCUT2D eigenvalue weighted by atomic mass is 9.87. The van der Waals surface area contributed by atoms with Crippen LogP contribution in [-0.2, 0) is 4.79 Å². The number of piperazine rings is 1. The Hall–Kier alpha value is -2.47. The van der Waals surface area contributed by atoms with Gasteiger partial charge in [0.1, 0.15) is 11.6 Å². The van der Waals surface area contributed by atoms with E-state index in [4.69, 9.17) is 0 Å². The summed E-state index contributed by atoms with van der Waals surface area (Å²) < 4.78 is 0. The van der Waals surface area contributed by atoms with Crippen LogP contribution in [0.4, 0.5) is 11.5 Å². The molecule has 0 aliphatic carbocycles. The summed E-state index contributed by atoms with van der Waals surface area (Å²) in [5.41, 5.74) is 1.99. The summed E-state index contributed by atoms with van der Waals surface area (Å²) in [6, 6.07) is 10.7. The second-order valence-corrected chi connectivity index (χ2v) is 6.95. The third kappa shape index (κ3) is 3.22. The number of benzene rings is 1. The molecule has 1 amide bonds. The molecule has 2 unspecified atom stereocenters. The van der Waals surface area contributed by atoms with Gasteiger partial charge in [-0.25, -0.2) is 9.97 Å². The number of nitrogens with zero attached hydrogens (tertiary/aromatic N) is 4. The molecule has 5 rings (SSSR count). The van der Waals surface area contributed by atoms with Crippen molar-refractivity contribution in [3.8, 4) is 0 Å². The molecule has 3 fully saturated rings. The normalized spacial score (nSPS) is 22.4. The number of carbonyl (C=O) groups is 1. The number of nitrogens with one attached hydrogen (secondary N) is 1. The number of amides is 1. The summed E-state index contributed by atoms with van der Waals surface area (Å²) in [5.74, 6) is 1.85. The Kier molecular flexibility index (Phi) is 4.13. The third-order valence-corrected chi connectivity index (χ3v) is 5.18. The molecule has 2 atom stereocenters. The number of piperidine rings is 1. The maximum Gasteiger partial charge on any atom is 0.238 e. The predicted octanol–water partition coefficient (Wildman–Crippen LogP) is 2.00. The van der Waals surface area contributed by atoms with Gasteiger partial charge in [-0.15, -0.1) is 0 Å². The van der Waals surface area contributed by atoms with Crippen LogP contribution in [-0.4, -0.2) is 52.5 Å². The monoisotopic (exact) mass is 337 g/mol. The molecular formula is C19H23N5O. The van der Waals surface area contributed by atoms with Crippen LogP contribution in [0.1, 0.15) is 17.8 Å². The number of hydrogen-bond acceptors (Lipinski definition) is 5. The fourth-order valence-electron chi connectivity index (χ4n) is 3.82. The van der Waals surface area contributed by atoms with Crippen LogP contribution in [0.5, 0.6) is 0 Å². The van der Waals surface area contributed by atoms with E-state index < -0.39 is 0 Å². The van der Waals surface area contributed by atoms with Gasteiger partial charge >= 0.3 is 0 Å². The van der Waals surface area contributed by atoms with Gasteiger partial charge in [0.15, 0.2) is 0 Å². The van der Waals surface area contributed by atoms with E-state index in [1.165, 1.54) is 0 Å². The lowest BCUT2D eigenvalue weighted by Gasteiger charge is -2.56. The number of para-hydroxylation sites is 1. The second-order valence-electron chi connectivity index (χ2n) is 6.95. The summed E-state index contributed by atoms with van der Waals surface area (Å²) in [6.07, 6.45) is 2.98. The Morgan fingerprint density at radius 3 is 2.68 bits per heavy atom. The number of rotatable bonds is 4. The van der Waals surface area contributed by atoms with E-state index in [9.17, 15) is 4.79 Å². The highest BCUT2D eigenvalue weighted by molar-refractivity contribution is 5.93. The van der Waals surface area contributed by atoms with Crippen molar-refractivity contribution in [3.05, 3.63) is 47.9 Å². The molecule has 1 aromatic heterocycles. The van der Waals surface area contributed by atoms with Crippen LogP contribution in [0.2, 0.25) is 0 Å². The number of hydrogen-bond donors (Lipinski definition) is 1. The minimum Gasteiger partial charge on any atom is -0.353 e. The molecule has 2 aromatic rings. The van der Waals surface area contributed by atoms with Crippen molar-refractivity contribution in [3.63, 3.8) is 0 Å². The van der Waals surface area contributed by atoms with Gasteiger partial charge in [0.2, 0.25) is 5.91 Å². The van der Waals surface area contributed by atoms with Crippen LogP contribution in [0.3, 0.4) is 0 Å². The summed E-state index contributed by atoms with van der Waals surface area (Å²) in [5, 5.41) is 3.03. The SMILES string of the molecule is Cc1nccc(N2CC3CC(C2)N3CC(=O)Nc2ccccc2C)n1. The van der Waals surface area contributed by atoms with Crippen LogP contribution >= 0.6 is 0 Å². The molecule has 6 heteroatoms. The molecule has 2 bridgehead atoms. The fraction of sp³-hybridized carbons (Fsp3) is 0.421. The van der Waals surface area contributed by atoms with E-state index in [1.807, 2.05) is 50.4 Å². The number of aromatic nitrogens is 2. The molecule has 25 heavy (non-hydrogen) atoms. The molecule has 3 aliphatic rings. The molecule has 1 N–H and O–H groups in total. The molecule has 0 radical (unpaired) electrons. The molecule has 3 saturated heterocycles. The Labute approximate surface area is 147 Å². The van der Waals surface area contributed by atoms with Gasteiger partial charge in [-0.3, -0.25) is 9.69 Å². The standard InChI is InChI=1S/C19H23N5O/c1-13-5-3-4-6-17(13)22-19(25)12-24-15-9-16(24)11-23(10-15)18-7-8-20-14(2)21-18/h3-8,15-16H,9-12H2,1-2H3,(H,22,25). The first-order valence-electron chi connectivity index (χ1n) is 8.76. The minimum absolute atomic E-state index is 0.0651. The first kappa shape index (κ1) is 16.0. The van der Waals surface area contributed by atoms with Crippen molar-refractivity contribution in [2.24, 2.45) is 0 Å². The van der Waals surface area contributed by atoms with Crippen LogP contribution in [0.15, 0.2) is 36.5 Å². The van der Waals surface area contributed by atoms with Crippen molar-refractivity contribution in [2.75, 3.05) is 29.9 Å². The largest absolute Gasteiger partial charge is 0.353 e. The van der Waals surface area contributed by atoms with Crippen LogP contribution in [0.25, 0.3) is 0 Å². The summed E-state index contributed by atoms with van der Waals surface area (Å²) in [4.78, 5) is 25.7. The lowest BCUT2D eigenvalue weighted by Crippen LogP contribution is -2.69. The molecule has 4 heterocycles. The van der Waals surface area contributed by atoms with E-state index in [2.05, 4.69) is 25.1 Å². The highest BCUT2D eigenvalue weighted by Gasteiger charge is 2.45. The number of fused-ring (bicyclic) bond motifs is 2. The van der Waals surface area contributed by atoms with Gasteiger partial charge < -0.3 is 10.2 Å². The molecule has 130 valence electrons. The summed E-state index contributed by atoms with van der Waals surface area (Å²) in [7, 11) is 0. The van der Waals surface area contributed by atoms with Gasteiger partial charge in [-0.1, -0.05) is 18.2 Å². The Morgan fingerprint density at radius 2 is 1.96 bits per heavy atom. The predicted molar refractivity (Wildman–Crippen MR) is 97.7 cm³/mol. The summed E-state index contributed by atoms with van der Waals surface area (Å²) in [6.45, 7) is 6.22. The highest BCUT2D eigenvalue weighted by atomic mass is 16.2. The lowest BCUT2D eigenvalue weighted by molar-refractivity contribution is -0.121. The second kappa shape index (κ2) is 6.44. The molecule has 0 spiro atoms. The smallest absolute Gasteiger partial charge is 0.238 e. The van der Waals surface area contributed by atoms with E-state index in [0.29, 0.717) is 18.6 Å². The fourth-order valence-corrected chi connectivity index (χ4v) is 3.82. The van der Waals surface area contributed by atoms with Gasteiger partial charge in [-0.2, -0.15) is 0 Å². The van der Waals surface area contributed by atoms with Gasteiger partial charge in [0, 0.05) is 37.1 Å². The van der Waals surface area contributed by atoms with Crippen molar-refractivity contribution in [1.82, 2.24) is 14.9 Å². The van der Waals surface area contributed by atoms with Crippen molar-refractivity contribution in [2.45, 2.75) is 32.4 Å². The molecule has 0 saturated carbocycles. The molecular weight excluding hydrogens is 314 g/mol. The quantitative estimate of drug-likeness (QED) is 0.924. The maximum atomic E-state index is 12.4. The first-order valence-corrected chi connectivity index (χ1v) is 8.76. The number of aryl methyl sites for hydroxylation is 2. The zero-order valence-electron chi connectivity index (χ0n) is 14.6. The van der Waals surface area contributed by atoms with Crippen molar-refractivity contribution in [1.29, 1.82) is 0 Å². The maximum absolute atomic E-state index is 12.4. The highest BCUT2D eigenvalue weighted by Crippen LogP contribution is 2.33. The van der Waals surface area contributed by atoms with Crippen LogP contribution < -0.4 is 10.2 Å². The zero-order chi connectivity index (χ0) is 17.4. The van der Waals surface area contributed by atoms with Crippen molar-refractivity contribution >= 4 is 17.4 Å². The van der Waals surface area contributed by atoms with E-state index in [1.54, 1.807) is 0 Å². The average Bonchev–Trinajstić information content (AvgIpc) is 2.62. The Bertz CT molecular complexity index is 781. The summed E-state index contributed by atoms with van der Waals surface area (Å²) >= 11 is 0. The topological polar surface area (TPSA) is 61.4 Å². The third-order valence-electron chi connectivity index (χ3n) is 5.18. The average molecular weight is 337 g/mol. The Morgan fingerprint density at radius 1 is 1.20 bits per heavy atom. The van der Waals surface area contributed by atoms with E-state index >= 15 is 0 Å². The van der Waals surface area contributed by atoms with Crippen molar-refractivity contribution < 1.29 is 4.79 Å². The first-order chi connectivity index (χ1) is 12.1. The number of anilines is 2. The molecule has 1 aromatic carbocycles. The van der Waals surface area contributed by atoms with Gasteiger partial charge in [-0.05, 0) is 38.0 Å². The Balaban J connectivity index is 1.36. The zero-order valence-corrected chi connectivity index (χ0v) is 14.6. The molecule has 3 aliphatic heterocycles. The van der Waals surface area contributed by atoms with Gasteiger partial charge in [0.25, 0.3) is 0 Å².